The number of aliphatic hydroxyl groups is 1. The van der Waals surface area contributed by atoms with E-state index in [1.165, 1.54) is 11.8 Å². The molecule has 7 nitrogen and oxygen atoms in total. The first kappa shape index (κ1) is 29.2. The Balaban J connectivity index is 1.63. The molecule has 0 fully saturated rings. The average Bonchev–Trinajstić information content (AvgIpc) is 2.92. The molecule has 2 aromatic carbocycles. The van der Waals surface area contributed by atoms with E-state index in [1.807, 2.05) is 61.5 Å². The van der Waals surface area contributed by atoms with Crippen molar-refractivity contribution in [2.75, 3.05) is 0 Å². The smallest absolute Gasteiger partial charge is 0.349 e. The van der Waals surface area contributed by atoms with Crippen LogP contribution >= 0.6 is 11.8 Å². The van der Waals surface area contributed by atoms with Gasteiger partial charge in [0.05, 0.1) is 6.42 Å². The number of aryl methyl sites for hydroxylation is 1. The molecule has 1 aromatic heterocycles. The Morgan fingerprint density at radius 2 is 1.93 bits per heavy atom. The number of cyclic esters (lactones) is 1. The SMILES string of the molecule is Cc1cc(OCc2cccnc2)c(C(C)C)c(SC2=C(O)CC(CCCCC(=O)O)(c3ccccc3)OC2=O)c1. The van der Waals surface area contributed by atoms with Gasteiger partial charge in [-0.15, -0.1) is 0 Å². The van der Waals surface area contributed by atoms with Gasteiger partial charge < -0.3 is 19.7 Å². The summed E-state index contributed by atoms with van der Waals surface area (Å²) in [6, 6.07) is 17.2. The van der Waals surface area contributed by atoms with E-state index in [0.717, 1.165) is 32.9 Å². The van der Waals surface area contributed by atoms with E-state index < -0.39 is 17.5 Å². The number of benzene rings is 2. The Morgan fingerprint density at radius 3 is 2.58 bits per heavy atom. The normalized spacial score (nSPS) is 17.1. The average molecular weight is 562 g/mol. The lowest BCUT2D eigenvalue weighted by molar-refractivity contribution is -0.160. The van der Waals surface area contributed by atoms with Crippen LogP contribution in [0, 0.1) is 6.92 Å². The number of hydrogen-bond acceptors (Lipinski definition) is 7. The number of aliphatic hydroxyl groups excluding tert-OH is 1. The number of ether oxygens (including phenoxy) is 2. The highest BCUT2D eigenvalue weighted by Gasteiger charge is 2.43. The third-order valence-corrected chi connectivity index (χ3v) is 8.03. The van der Waals surface area contributed by atoms with Crippen molar-refractivity contribution in [3.63, 3.8) is 0 Å². The molecule has 1 aliphatic heterocycles. The zero-order valence-electron chi connectivity index (χ0n) is 23.1. The van der Waals surface area contributed by atoms with E-state index >= 15 is 0 Å². The molecule has 0 saturated heterocycles. The van der Waals surface area contributed by atoms with Gasteiger partial charge in [0, 0.05) is 34.8 Å². The molecule has 1 aliphatic rings. The van der Waals surface area contributed by atoms with Crippen molar-refractivity contribution in [3.05, 3.63) is 99.9 Å². The van der Waals surface area contributed by atoms with Crippen LogP contribution in [0.4, 0.5) is 0 Å². The van der Waals surface area contributed by atoms with Crippen LogP contribution < -0.4 is 4.74 Å². The van der Waals surface area contributed by atoms with Gasteiger partial charge in [-0.2, -0.15) is 0 Å². The number of nitrogens with zero attached hydrogens (tertiary/aromatic N) is 1. The molecule has 0 bridgehead atoms. The van der Waals surface area contributed by atoms with Crippen LogP contribution in [0.25, 0.3) is 0 Å². The lowest BCUT2D eigenvalue weighted by atomic mass is 9.83. The molecule has 8 heteroatoms. The minimum absolute atomic E-state index is 0.0302. The third kappa shape index (κ3) is 7.04. The highest BCUT2D eigenvalue weighted by molar-refractivity contribution is 8.04. The maximum atomic E-state index is 13.5. The van der Waals surface area contributed by atoms with E-state index in [0.29, 0.717) is 25.9 Å². The lowest BCUT2D eigenvalue weighted by Crippen LogP contribution is -2.37. The van der Waals surface area contributed by atoms with Crippen LogP contribution in [0.3, 0.4) is 0 Å². The van der Waals surface area contributed by atoms with Crippen LogP contribution in [-0.2, 0) is 26.5 Å². The second-order valence-electron chi connectivity index (χ2n) is 10.4. The number of rotatable bonds is 12. The fraction of sp³-hybridized carbons (Fsp3) is 0.344. The number of aliphatic carboxylic acids is 1. The fourth-order valence-electron chi connectivity index (χ4n) is 4.96. The third-order valence-electron chi connectivity index (χ3n) is 6.86. The summed E-state index contributed by atoms with van der Waals surface area (Å²) in [7, 11) is 0. The summed E-state index contributed by atoms with van der Waals surface area (Å²) in [4.78, 5) is 29.6. The molecular weight excluding hydrogens is 526 g/mol. The van der Waals surface area contributed by atoms with Crippen molar-refractivity contribution in [2.45, 2.75) is 75.9 Å². The van der Waals surface area contributed by atoms with Gasteiger partial charge >= 0.3 is 11.9 Å². The number of carboxylic acids is 1. The van der Waals surface area contributed by atoms with E-state index in [4.69, 9.17) is 14.6 Å². The number of aromatic nitrogens is 1. The maximum Gasteiger partial charge on any atom is 0.349 e. The van der Waals surface area contributed by atoms with Crippen molar-refractivity contribution < 1.29 is 29.3 Å². The summed E-state index contributed by atoms with van der Waals surface area (Å²) < 4.78 is 12.3. The van der Waals surface area contributed by atoms with E-state index in [-0.39, 0.29) is 29.4 Å². The molecule has 1 atom stereocenters. The first-order valence-corrected chi connectivity index (χ1v) is 14.3. The Morgan fingerprint density at radius 1 is 1.15 bits per heavy atom. The molecule has 0 amide bonds. The highest BCUT2D eigenvalue weighted by atomic mass is 32.2. The monoisotopic (exact) mass is 561 g/mol. The van der Waals surface area contributed by atoms with Crippen LogP contribution in [0.2, 0.25) is 0 Å². The van der Waals surface area contributed by atoms with Gasteiger partial charge in [0.1, 0.15) is 28.6 Å². The Hall–Kier alpha value is -3.78. The van der Waals surface area contributed by atoms with Crippen molar-refractivity contribution in [1.29, 1.82) is 0 Å². The number of hydrogen-bond donors (Lipinski definition) is 2. The summed E-state index contributed by atoms with van der Waals surface area (Å²) in [5, 5.41) is 20.3. The largest absolute Gasteiger partial charge is 0.511 e. The number of thioether (sulfide) groups is 1. The maximum absolute atomic E-state index is 13.5. The summed E-state index contributed by atoms with van der Waals surface area (Å²) in [5.41, 5.74) is 2.58. The minimum atomic E-state index is -1.06. The molecule has 2 N–H and O–H groups in total. The summed E-state index contributed by atoms with van der Waals surface area (Å²) >= 11 is 1.20. The number of carboxylic acid groups (broad SMARTS) is 1. The van der Waals surface area contributed by atoms with Gasteiger partial charge in [-0.25, -0.2) is 4.79 Å². The topological polar surface area (TPSA) is 106 Å². The number of unbranched alkanes of at least 4 members (excludes halogenated alkanes) is 1. The quantitative estimate of drug-likeness (QED) is 0.174. The number of pyridine rings is 1. The molecule has 0 spiro atoms. The molecule has 0 radical (unpaired) electrons. The van der Waals surface area contributed by atoms with Crippen LogP contribution in [-0.4, -0.2) is 27.1 Å². The van der Waals surface area contributed by atoms with E-state index in [1.54, 1.807) is 12.4 Å². The Kier molecular flexibility index (Phi) is 9.53. The van der Waals surface area contributed by atoms with Crippen molar-refractivity contribution in [3.8, 4) is 5.75 Å². The molecule has 2 heterocycles. The summed E-state index contributed by atoms with van der Waals surface area (Å²) in [5.74, 6) is -0.671. The standard InChI is InChI=1S/C32H35NO6S/c1-21(2)29-26(38-20-23-10-9-15-33-19-23)16-22(3)17-27(29)40-30-25(34)18-32(39-31(30)37,14-8-7-13-28(35)36)24-11-5-4-6-12-24/h4-6,9-12,15-17,19,21,34H,7-8,13-14,18,20H2,1-3H3,(H,35,36). The van der Waals surface area contributed by atoms with Gasteiger partial charge in [-0.05, 0) is 61.4 Å². The van der Waals surface area contributed by atoms with Gasteiger partial charge in [0.25, 0.3) is 0 Å². The molecule has 0 saturated carbocycles. The van der Waals surface area contributed by atoms with Crippen molar-refractivity contribution in [1.82, 2.24) is 4.98 Å². The van der Waals surface area contributed by atoms with Crippen LogP contribution in [0.15, 0.2) is 82.6 Å². The molecule has 4 rings (SSSR count). The van der Waals surface area contributed by atoms with Crippen molar-refractivity contribution >= 4 is 23.7 Å². The Labute approximate surface area is 239 Å². The predicted molar refractivity (Wildman–Crippen MR) is 154 cm³/mol. The number of carbonyl (C=O) groups is 2. The van der Waals surface area contributed by atoms with Crippen LogP contribution in [0.5, 0.6) is 5.75 Å². The zero-order chi connectivity index (χ0) is 28.7. The molecular formula is C32H35NO6S. The summed E-state index contributed by atoms with van der Waals surface area (Å²) in [6.45, 7) is 6.46. The van der Waals surface area contributed by atoms with Gasteiger partial charge in [0.15, 0.2) is 0 Å². The highest BCUT2D eigenvalue weighted by Crippen LogP contribution is 2.47. The molecule has 210 valence electrons. The zero-order valence-corrected chi connectivity index (χ0v) is 23.9. The second kappa shape index (κ2) is 13.0. The lowest BCUT2D eigenvalue weighted by Gasteiger charge is -2.37. The molecule has 3 aromatic rings. The van der Waals surface area contributed by atoms with E-state index in [2.05, 4.69) is 18.8 Å². The number of carbonyl (C=O) groups excluding carboxylic acids is 1. The predicted octanol–water partition coefficient (Wildman–Crippen LogP) is 7.44. The summed E-state index contributed by atoms with van der Waals surface area (Å²) in [6.07, 6.45) is 5.04. The Bertz CT molecular complexity index is 1370. The van der Waals surface area contributed by atoms with Gasteiger partial charge in [-0.3, -0.25) is 9.78 Å². The number of esters is 1. The van der Waals surface area contributed by atoms with Gasteiger partial charge in [0.2, 0.25) is 0 Å². The molecule has 40 heavy (non-hydrogen) atoms. The first-order chi connectivity index (χ1) is 19.2. The minimum Gasteiger partial charge on any atom is -0.511 e. The molecule has 1 unspecified atom stereocenters. The van der Waals surface area contributed by atoms with E-state index in [9.17, 15) is 14.7 Å². The van der Waals surface area contributed by atoms with Crippen molar-refractivity contribution in [2.24, 2.45) is 0 Å². The van der Waals surface area contributed by atoms with Crippen LogP contribution in [0.1, 0.15) is 74.1 Å². The first-order valence-electron chi connectivity index (χ1n) is 13.5. The fourth-order valence-corrected chi connectivity index (χ4v) is 6.19. The van der Waals surface area contributed by atoms with Gasteiger partial charge in [-0.1, -0.05) is 62.0 Å². The second-order valence-corrected chi connectivity index (χ2v) is 11.4. The molecule has 0 aliphatic carbocycles.